The molecule has 4 aromatic rings. The normalized spacial score (nSPS) is 10.8. The fraction of sp³-hybridized carbons (Fsp3) is 0.0952. The minimum absolute atomic E-state index is 0.0883. The Bertz CT molecular complexity index is 1070. The Labute approximate surface area is 167 Å². The Morgan fingerprint density at radius 2 is 1.82 bits per heavy atom. The number of halogens is 1. The molecule has 7 heteroatoms. The van der Waals surface area contributed by atoms with Gasteiger partial charge in [0.15, 0.2) is 0 Å². The molecule has 2 aromatic carbocycles. The first-order valence-corrected chi connectivity index (χ1v) is 9.03. The molecule has 0 aliphatic heterocycles. The fourth-order valence-electron chi connectivity index (χ4n) is 2.86. The summed E-state index contributed by atoms with van der Waals surface area (Å²) < 4.78 is 7.52. The summed E-state index contributed by atoms with van der Waals surface area (Å²) in [6.07, 6.45) is 3.08. The Morgan fingerprint density at radius 1 is 1.07 bits per heavy atom. The highest BCUT2D eigenvalue weighted by Gasteiger charge is 2.14. The van der Waals surface area contributed by atoms with Gasteiger partial charge in [-0.05, 0) is 60.7 Å². The number of hydrogen-bond acceptors (Lipinski definition) is 4. The van der Waals surface area contributed by atoms with Gasteiger partial charge in [-0.25, -0.2) is 9.67 Å². The van der Waals surface area contributed by atoms with Gasteiger partial charge in [0.2, 0.25) is 0 Å². The molecule has 2 aromatic heterocycles. The smallest absolute Gasteiger partial charge is 0.254 e. The molecule has 0 radical (unpaired) electrons. The monoisotopic (exact) mass is 392 g/mol. The number of hydrogen-bond donors (Lipinski definition) is 0. The molecule has 0 aliphatic rings. The molecule has 0 saturated carbocycles. The third-order valence-corrected chi connectivity index (χ3v) is 4.58. The van der Waals surface area contributed by atoms with E-state index in [0.29, 0.717) is 22.9 Å². The Hall–Kier alpha value is -3.38. The van der Waals surface area contributed by atoms with Crippen LogP contribution in [0.2, 0.25) is 5.02 Å². The summed E-state index contributed by atoms with van der Waals surface area (Å²) in [6, 6.07) is 18.4. The summed E-state index contributed by atoms with van der Waals surface area (Å²) in [7, 11) is 1.75. The summed E-state index contributed by atoms with van der Waals surface area (Å²) in [5.74, 6) is 1.36. The predicted molar refractivity (Wildman–Crippen MR) is 106 cm³/mol. The van der Waals surface area contributed by atoms with Crippen LogP contribution in [0.15, 0.2) is 77.7 Å². The summed E-state index contributed by atoms with van der Waals surface area (Å²) in [5.41, 5.74) is 2.37. The van der Waals surface area contributed by atoms with Crippen LogP contribution < -0.4 is 0 Å². The first-order chi connectivity index (χ1) is 13.6. The second-order valence-corrected chi connectivity index (χ2v) is 6.76. The van der Waals surface area contributed by atoms with Gasteiger partial charge in [-0.15, -0.1) is 0 Å². The van der Waals surface area contributed by atoms with Crippen LogP contribution in [-0.4, -0.2) is 32.6 Å². The molecule has 28 heavy (non-hydrogen) atoms. The van der Waals surface area contributed by atoms with Gasteiger partial charge in [0, 0.05) is 23.2 Å². The van der Waals surface area contributed by atoms with E-state index in [1.54, 1.807) is 35.1 Å². The Balaban J connectivity index is 1.44. The highest BCUT2D eigenvalue weighted by atomic mass is 35.5. The van der Waals surface area contributed by atoms with Crippen LogP contribution in [0.5, 0.6) is 0 Å². The zero-order chi connectivity index (χ0) is 19.5. The van der Waals surface area contributed by atoms with Crippen LogP contribution in [0.4, 0.5) is 0 Å². The second-order valence-electron chi connectivity index (χ2n) is 6.32. The number of rotatable bonds is 5. The quantitative estimate of drug-likeness (QED) is 0.503. The molecule has 140 valence electrons. The van der Waals surface area contributed by atoms with Gasteiger partial charge < -0.3 is 9.32 Å². The molecule has 2 heterocycles. The molecular weight excluding hydrogens is 376 g/mol. The Morgan fingerprint density at radius 3 is 2.50 bits per heavy atom. The molecule has 0 spiro atoms. The topological polar surface area (TPSA) is 64.2 Å². The highest BCUT2D eigenvalue weighted by molar-refractivity contribution is 6.30. The summed E-state index contributed by atoms with van der Waals surface area (Å²) in [4.78, 5) is 18.2. The van der Waals surface area contributed by atoms with Gasteiger partial charge in [0.25, 0.3) is 5.91 Å². The fourth-order valence-corrected chi connectivity index (χ4v) is 2.98. The van der Waals surface area contributed by atoms with Gasteiger partial charge in [0.05, 0.1) is 12.2 Å². The second kappa shape index (κ2) is 7.70. The van der Waals surface area contributed by atoms with Gasteiger partial charge in [-0.2, -0.15) is 5.10 Å². The van der Waals surface area contributed by atoms with E-state index in [4.69, 9.17) is 16.0 Å². The number of carbonyl (C=O) groups is 1. The lowest BCUT2D eigenvalue weighted by Crippen LogP contribution is -2.25. The molecule has 4 rings (SSSR count). The molecule has 0 unspecified atom stereocenters. The van der Waals surface area contributed by atoms with Crippen LogP contribution in [-0.2, 0) is 6.54 Å². The van der Waals surface area contributed by atoms with Crippen LogP contribution >= 0.6 is 11.6 Å². The molecule has 0 bridgehead atoms. The molecule has 1 amide bonds. The first-order valence-electron chi connectivity index (χ1n) is 8.65. The van der Waals surface area contributed by atoms with E-state index >= 15 is 0 Å². The largest absolute Gasteiger partial charge is 0.459 e. The van der Waals surface area contributed by atoms with E-state index in [1.165, 1.54) is 6.33 Å². The zero-order valence-corrected chi connectivity index (χ0v) is 15.9. The van der Waals surface area contributed by atoms with Crippen molar-refractivity contribution in [2.75, 3.05) is 7.05 Å². The van der Waals surface area contributed by atoms with Crippen molar-refractivity contribution in [1.29, 1.82) is 0 Å². The zero-order valence-electron chi connectivity index (χ0n) is 15.1. The maximum atomic E-state index is 12.7. The van der Waals surface area contributed by atoms with Crippen LogP contribution in [0.25, 0.3) is 17.0 Å². The van der Waals surface area contributed by atoms with E-state index in [2.05, 4.69) is 10.1 Å². The number of amides is 1. The summed E-state index contributed by atoms with van der Waals surface area (Å²) >= 11 is 5.92. The van der Waals surface area contributed by atoms with Crippen molar-refractivity contribution in [2.24, 2.45) is 0 Å². The molecule has 0 fully saturated rings. The predicted octanol–water partition coefficient (Wildman–Crippen LogP) is 4.45. The third kappa shape index (κ3) is 3.82. The van der Waals surface area contributed by atoms with Gasteiger partial charge >= 0.3 is 0 Å². The molecule has 0 N–H and O–H groups in total. The van der Waals surface area contributed by atoms with Crippen molar-refractivity contribution in [1.82, 2.24) is 19.7 Å². The van der Waals surface area contributed by atoms with Crippen LogP contribution in [0.3, 0.4) is 0 Å². The average Bonchev–Trinajstić information content (AvgIpc) is 3.40. The number of benzene rings is 2. The van der Waals surface area contributed by atoms with E-state index in [1.807, 2.05) is 48.5 Å². The summed E-state index contributed by atoms with van der Waals surface area (Å²) in [6.45, 7) is 0.372. The number of aromatic nitrogens is 3. The van der Waals surface area contributed by atoms with Crippen LogP contribution in [0.1, 0.15) is 16.1 Å². The molecule has 0 saturated heterocycles. The minimum Gasteiger partial charge on any atom is -0.459 e. The number of nitrogens with zero attached hydrogens (tertiary/aromatic N) is 4. The lowest BCUT2D eigenvalue weighted by atomic mass is 10.2. The van der Waals surface area contributed by atoms with Crippen molar-refractivity contribution in [2.45, 2.75) is 6.54 Å². The van der Waals surface area contributed by atoms with Gasteiger partial charge in [-0.1, -0.05) is 11.6 Å². The maximum absolute atomic E-state index is 12.7. The number of furan rings is 1. The maximum Gasteiger partial charge on any atom is 0.254 e. The van der Waals surface area contributed by atoms with Gasteiger partial charge in [-0.3, -0.25) is 4.79 Å². The van der Waals surface area contributed by atoms with Crippen molar-refractivity contribution in [3.05, 3.63) is 89.7 Å². The standard InChI is InChI=1S/C21H17ClN4O2/c1-25(12-19-10-11-20(28-19)15-2-6-17(22)7-3-15)21(27)16-4-8-18(9-5-16)26-14-23-13-24-26/h2-11,13-14H,12H2,1H3. The van der Waals surface area contributed by atoms with E-state index in [-0.39, 0.29) is 5.91 Å². The SMILES string of the molecule is CN(Cc1ccc(-c2ccc(Cl)cc2)o1)C(=O)c1ccc(-n2cncn2)cc1. The molecule has 0 aliphatic carbocycles. The third-order valence-electron chi connectivity index (χ3n) is 4.33. The molecule has 0 atom stereocenters. The number of carbonyl (C=O) groups excluding carboxylic acids is 1. The molecular formula is C21H17ClN4O2. The summed E-state index contributed by atoms with van der Waals surface area (Å²) in [5, 5.41) is 4.75. The highest BCUT2D eigenvalue weighted by Crippen LogP contribution is 2.24. The lowest BCUT2D eigenvalue weighted by molar-refractivity contribution is 0.0776. The Kier molecular flexibility index (Phi) is 4.95. The van der Waals surface area contributed by atoms with E-state index < -0.39 is 0 Å². The van der Waals surface area contributed by atoms with Crippen LogP contribution in [0, 0.1) is 0 Å². The van der Waals surface area contributed by atoms with Crippen molar-refractivity contribution < 1.29 is 9.21 Å². The molecule has 6 nitrogen and oxygen atoms in total. The minimum atomic E-state index is -0.0883. The van der Waals surface area contributed by atoms with Crippen molar-refractivity contribution in [3.63, 3.8) is 0 Å². The van der Waals surface area contributed by atoms with E-state index in [0.717, 1.165) is 17.0 Å². The van der Waals surface area contributed by atoms with Crippen molar-refractivity contribution in [3.8, 4) is 17.0 Å². The average molecular weight is 393 g/mol. The van der Waals surface area contributed by atoms with E-state index in [9.17, 15) is 4.79 Å². The van der Waals surface area contributed by atoms with Gasteiger partial charge in [0.1, 0.15) is 24.2 Å². The first kappa shape index (κ1) is 18.0. The van der Waals surface area contributed by atoms with Crippen molar-refractivity contribution >= 4 is 17.5 Å². The lowest BCUT2D eigenvalue weighted by Gasteiger charge is -2.16.